The van der Waals surface area contributed by atoms with Gasteiger partial charge in [-0.3, -0.25) is 0 Å². The molecule has 0 N–H and O–H groups in total. The van der Waals surface area contributed by atoms with Crippen molar-refractivity contribution in [1.82, 2.24) is 0 Å². The van der Waals surface area contributed by atoms with Crippen LogP contribution in [0.1, 0.15) is 5.56 Å². The van der Waals surface area contributed by atoms with Crippen molar-refractivity contribution in [3.8, 4) is 0 Å². The van der Waals surface area contributed by atoms with E-state index in [0.717, 1.165) is 16.3 Å². The van der Waals surface area contributed by atoms with Crippen molar-refractivity contribution >= 4 is 45.1 Å². The van der Waals surface area contributed by atoms with E-state index in [9.17, 15) is 8.42 Å². The van der Waals surface area contributed by atoms with Gasteiger partial charge in [0.1, 0.15) is 0 Å². The molecule has 0 atom stereocenters. The first kappa shape index (κ1) is 24.3. The molecule has 5 aromatic carbocycles. The summed E-state index contributed by atoms with van der Waals surface area (Å²) in [5.74, 6) is 0. The van der Waals surface area contributed by atoms with Crippen LogP contribution in [-0.4, -0.2) is 27.1 Å². The molecule has 0 aromatic heterocycles. The summed E-state index contributed by atoms with van der Waals surface area (Å²) in [4.78, 5) is 0.292. The van der Waals surface area contributed by atoms with Crippen LogP contribution in [0.5, 0.6) is 0 Å². The maximum absolute atomic E-state index is 14.8. The van der Waals surface area contributed by atoms with E-state index in [1.165, 1.54) is 0 Å². The number of nitrogens with zero attached hydrogens (tertiary/aromatic N) is 1. The van der Waals surface area contributed by atoms with Gasteiger partial charge in [0.2, 0.25) is 0 Å². The maximum atomic E-state index is 14.8. The van der Waals surface area contributed by atoms with Gasteiger partial charge in [-0.2, -0.15) is 0 Å². The molecule has 0 spiro atoms. The molecule has 0 bridgehead atoms. The first-order valence-corrected chi connectivity index (χ1v) is 18.9. The normalized spacial score (nSPS) is 11.7. The Morgan fingerprint density at radius 2 is 0.861 bits per heavy atom. The van der Waals surface area contributed by atoms with E-state index in [-0.39, 0.29) is 0 Å². The van der Waals surface area contributed by atoms with E-state index in [1.807, 2.05) is 104 Å². The zero-order valence-corrected chi connectivity index (χ0v) is 23.7. The van der Waals surface area contributed by atoms with E-state index in [0.29, 0.717) is 10.6 Å². The van der Waals surface area contributed by atoms with Gasteiger partial charge in [0.05, 0.1) is 0 Å². The molecule has 0 amide bonds. The Morgan fingerprint density at radius 3 is 1.25 bits per heavy atom. The molecule has 0 aliphatic rings. The standard InChI is InChI=1S/C13H12NO2S.3C6H5.Sn/c1-11-7-9-13(10-8-11)17(15,16)14-12-5-3-2-4-6-12;3*1-2-4-6-5-3-1;/h2-10H,1H3;3*1-5H;/q-1;;;;+1. The molecule has 178 valence electrons. The van der Waals surface area contributed by atoms with Crippen LogP contribution >= 0.6 is 0 Å². The quantitative estimate of drug-likeness (QED) is 0.252. The Labute approximate surface area is 218 Å². The predicted molar refractivity (Wildman–Crippen MR) is 151 cm³/mol. The summed E-state index contributed by atoms with van der Waals surface area (Å²) < 4.78 is 34.6. The first-order valence-electron chi connectivity index (χ1n) is 11.9. The molecule has 3 nitrogen and oxygen atoms in total. The molecule has 0 saturated heterocycles. The average molecular weight is 596 g/mol. The van der Waals surface area contributed by atoms with Crippen molar-refractivity contribution in [3.05, 3.63) is 151 Å². The number of hydrogen-bond acceptors (Lipinski definition) is 2. The molecular weight excluding hydrogens is 569 g/mol. The fraction of sp³-hybridized carbons (Fsp3) is 0.0323. The molecular formula is C31H27NO2SSn. The molecule has 0 heterocycles. The molecule has 0 radical (unpaired) electrons. The number of sulfonamides is 1. The molecule has 0 aliphatic heterocycles. The van der Waals surface area contributed by atoms with Crippen LogP contribution in [-0.2, 0) is 10.0 Å². The molecule has 5 heteroatoms. The second-order valence-corrected chi connectivity index (χ2v) is 21.7. The average Bonchev–Trinajstić information content (AvgIpc) is 2.94. The van der Waals surface area contributed by atoms with Gasteiger partial charge in [-0.05, 0) is 0 Å². The summed E-state index contributed by atoms with van der Waals surface area (Å²) in [7, 11) is -3.95. The van der Waals surface area contributed by atoms with Crippen molar-refractivity contribution in [2.75, 3.05) is 2.53 Å². The molecule has 0 aliphatic carbocycles. The van der Waals surface area contributed by atoms with Crippen molar-refractivity contribution in [2.45, 2.75) is 11.8 Å². The monoisotopic (exact) mass is 597 g/mol. The van der Waals surface area contributed by atoms with Crippen LogP contribution in [0.2, 0.25) is 0 Å². The summed E-state index contributed by atoms with van der Waals surface area (Å²) in [6.07, 6.45) is 0. The van der Waals surface area contributed by atoms with Gasteiger partial charge in [-0.15, -0.1) is 0 Å². The van der Waals surface area contributed by atoms with Gasteiger partial charge < -0.3 is 0 Å². The Hall–Kier alpha value is -3.35. The number of aryl methyl sites for hydroxylation is 1. The number of anilines is 1. The molecule has 0 fully saturated rings. The van der Waals surface area contributed by atoms with Crippen molar-refractivity contribution in [2.24, 2.45) is 0 Å². The fourth-order valence-electron chi connectivity index (χ4n) is 4.78. The second-order valence-electron chi connectivity index (χ2n) is 8.73. The Morgan fingerprint density at radius 1 is 0.500 bits per heavy atom. The number of hydrogen-bond donors (Lipinski definition) is 0. The fourth-order valence-corrected chi connectivity index (χ4v) is 24.5. The van der Waals surface area contributed by atoms with Crippen molar-refractivity contribution < 1.29 is 8.42 Å². The van der Waals surface area contributed by atoms with E-state index in [1.54, 1.807) is 14.7 Å². The third-order valence-electron chi connectivity index (χ3n) is 6.43. The van der Waals surface area contributed by atoms with E-state index in [4.69, 9.17) is 0 Å². The first-order chi connectivity index (χ1) is 17.5. The van der Waals surface area contributed by atoms with Gasteiger partial charge in [-0.1, -0.05) is 0 Å². The summed E-state index contributed by atoms with van der Waals surface area (Å²) in [6.45, 7) is 1.97. The number of para-hydroxylation sites is 1. The van der Waals surface area contributed by atoms with Crippen LogP contribution < -0.4 is 13.3 Å². The Bertz CT molecular complexity index is 1430. The molecule has 5 aromatic rings. The van der Waals surface area contributed by atoms with Crippen molar-refractivity contribution in [3.63, 3.8) is 0 Å². The van der Waals surface area contributed by atoms with Crippen LogP contribution in [0.3, 0.4) is 0 Å². The van der Waals surface area contributed by atoms with E-state index in [2.05, 4.69) is 36.4 Å². The zero-order valence-electron chi connectivity index (χ0n) is 20.0. The summed E-state index contributed by atoms with van der Waals surface area (Å²) in [6, 6.07) is 47.3. The molecule has 5 rings (SSSR count). The molecule has 0 unspecified atom stereocenters. The Kier molecular flexibility index (Phi) is 6.99. The third kappa shape index (κ3) is 4.36. The number of rotatable bonds is 7. The zero-order chi connectivity index (χ0) is 25.0. The van der Waals surface area contributed by atoms with E-state index >= 15 is 0 Å². The van der Waals surface area contributed by atoms with Gasteiger partial charge in [0.15, 0.2) is 0 Å². The molecule has 36 heavy (non-hydrogen) atoms. The van der Waals surface area contributed by atoms with Gasteiger partial charge >= 0.3 is 219 Å². The third-order valence-corrected chi connectivity index (χ3v) is 24.4. The van der Waals surface area contributed by atoms with Crippen molar-refractivity contribution in [1.29, 1.82) is 0 Å². The minimum absolute atomic E-state index is 0.292. The van der Waals surface area contributed by atoms with Gasteiger partial charge in [0, 0.05) is 0 Å². The van der Waals surface area contributed by atoms with Gasteiger partial charge in [0.25, 0.3) is 0 Å². The topological polar surface area (TPSA) is 37.4 Å². The molecule has 0 saturated carbocycles. The van der Waals surface area contributed by atoms with Gasteiger partial charge in [-0.25, -0.2) is 0 Å². The Balaban J connectivity index is 1.96. The van der Waals surface area contributed by atoms with Crippen LogP contribution in [0.25, 0.3) is 0 Å². The number of benzene rings is 5. The summed E-state index contributed by atoms with van der Waals surface area (Å²) >= 11 is -4.51. The van der Waals surface area contributed by atoms with Crippen LogP contribution in [0, 0.1) is 6.92 Å². The van der Waals surface area contributed by atoms with Crippen LogP contribution in [0.15, 0.2) is 150 Å². The minimum atomic E-state index is -4.51. The summed E-state index contributed by atoms with van der Waals surface area (Å²) in [5, 5.41) is 0. The second kappa shape index (κ2) is 10.3. The van der Waals surface area contributed by atoms with E-state index < -0.39 is 28.7 Å². The summed E-state index contributed by atoms with van der Waals surface area (Å²) in [5.41, 5.74) is 1.69. The van der Waals surface area contributed by atoms with Crippen LogP contribution in [0.4, 0.5) is 5.69 Å². The SMILES string of the molecule is Cc1ccc(S(=O)(=O)[N](c2ccccc2)[Sn]([c]2ccccc2)([c]2ccccc2)[c]2ccccc2)cc1. The predicted octanol–water partition coefficient (Wildman–Crippen LogP) is 4.86.